The molecule has 1 atom stereocenters. The molecule has 0 saturated carbocycles. The lowest BCUT2D eigenvalue weighted by atomic mass is 10.0. The molecule has 1 aliphatic rings. The summed E-state index contributed by atoms with van der Waals surface area (Å²) in [6, 6.07) is 4.51. The lowest BCUT2D eigenvalue weighted by Crippen LogP contribution is -2.46. The van der Waals surface area contributed by atoms with Gasteiger partial charge in [-0.05, 0) is 11.6 Å². The van der Waals surface area contributed by atoms with Crippen molar-refractivity contribution in [3.63, 3.8) is 0 Å². The number of aliphatic hydroxyl groups is 1. The van der Waals surface area contributed by atoms with Crippen molar-refractivity contribution < 1.29 is 9.50 Å². The third-order valence-electron chi connectivity index (χ3n) is 3.11. The summed E-state index contributed by atoms with van der Waals surface area (Å²) in [5.74, 6) is -0.433. The number of nitrogens with zero attached hydrogens (tertiary/aromatic N) is 1. The first-order chi connectivity index (χ1) is 8.24. The Kier molecular flexibility index (Phi) is 6.32. The summed E-state index contributed by atoms with van der Waals surface area (Å²) < 4.78 is 13.4. The number of hydrogen-bond donors (Lipinski definition) is 2. The number of hydrogen-bond acceptors (Lipinski definition) is 3. The SMILES string of the molecule is Cl.OC[C@@H](c1cccc(F)c1Cl)N1CCNCC1. The van der Waals surface area contributed by atoms with E-state index in [0.29, 0.717) is 5.56 Å². The molecule has 6 heteroatoms. The van der Waals surface area contributed by atoms with E-state index >= 15 is 0 Å². The van der Waals surface area contributed by atoms with Crippen LogP contribution in [0.2, 0.25) is 5.02 Å². The lowest BCUT2D eigenvalue weighted by Gasteiger charge is -2.34. The van der Waals surface area contributed by atoms with E-state index in [1.54, 1.807) is 12.1 Å². The van der Waals surface area contributed by atoms with Crippen LogP contribution in [0.3, 0.4) is 0 Å². The van der Waals surface area contributed by atoms with Crippen LogP contribution in [0.1, 0.15) is 11.6 Å². The molecule has 1 aromatic carbocycles. The summed E-state index contributed by atoms with van der Waals surface area (Å²) in [7, 11) is 0. The highest BCUT2D eigenvalue weighted by Gasteiger charge is 2.24. The van der Waals surface area contributed by atoms with Crippen molar-refractivity contribution in [1.82, 2.24) is 10.2 Å². The first-order valence-electron chi connectivity index (χ1n) is 5.73. The van der Waals surface area contributed by atoms with Gasteiger partial charge in [-0.3, -0.25) is 4.90 Å². The Morgan fingerprint density at radius 1 is 1.39 bits per heavy atom. The van der Waals surface area contributed by atoms with Crippen LogP contribution in [0.15, 0.2) is 18.2 Å². The Bertz CT molecular complexity index is 386. The average Bonchev–Trinajstić information content (AvgIpc) is 2.37. The van der Waals surface area contributed by atoms with Gasteiger partial charge in [-0.15, -0.1) is 12.4 Å². The van der Waals surface area contributed by atoms with Crippen LogP contribution in [0.5, 0.6) is 0 Å². The minimum absolute atomic E-state index is 0. The quantitative estimate of drug-likeness (QED) is 0.893. The molecule has 0 unspecified atom stereocenters. The fourth-order valence-corrected chi connectivity index (χ4v) is 2.43. The summed E-state index contributed by atoms with van der Waals surface area (Å²) in [6.07, 6.45) is 0. The molecule has 1 aromatic rings. The molecule has 0 bridgehead atoms. The Morgan fingerprint density at radius 2 is 2.06 bits per heavy atom. The molecule has 0 radical (unpaired) electrons. The molecule has 1 fully saturated rings. The van der Waals surface area contributed by atoms with Crippen LogP contribution in [0, 0.1) is 5.82 Å². The van der Waals surface area contributed by atoms with Crippen molar-refractivity contribution in [2.75, 3.05) is 32.8 Å². The van der Waals surface area contributed by atoms with Crippen LogP contribution in [-0.4, -0.2) is 42.8 Å². The van der Waals surface area contributed by atoms with Crippen molar-refractivity contribution in [2.24, 2.45) is 0 Å². The second-order valence-electron chi connectivity index (χ2n) is 4.13. The van der Waals surface area contributed by atoms with Gasteiger partial charge in [0.2, 0.25) is 0 Å². The fourth-order valence-electron chi connectivity index (χ4n) is 2.18. The normalized spacial score (nSPS) is 18.2. The number of piperazine rings is 1. The van der Waals surface area contributed by atoms with E-state index < -0.39 is 5.82 Å². The van der Waals surface area contributed by atoms with E-state index in [9.17, 15) is 9.50 Å². The predicted molar refractivity (Wildman–Crippen MR) is 72.9 cm³/mol. The zero-order chi connectivity index (χ0) is 12.3. The first-order valence-corrected chi connectivity index (χ1v) is 6.11. The molecule has 102 valence electrons. The zero-order valence-corrected chi connectivity index (χ0v) is 11.5. The van der Waals surface area contributed by atoms with Gasteiger partial charge in [0, 0.05) is 26.2 Å². The maximum absolute atomic E-state index is 13.4. The van der Waals surface area contributed by atoms with Crippen molar-refractivity contribution in [3.8, 4) is 0 Å². The van der Waals surface area contributed by atoms with Crippen LogP contribution in [-0.2, 0) is 0 Å². The predicted octanol–water partition coefficient (Wildman–Crippen LogP) is 1.84. The maximum Gasteiger partial charge on any atom is 0.142 e. The van der Waals surface area contributed by atoms with E-state index in [1.807, 2.05) is 0 Å². The third-order valence-corrected chi connectivity index (χ3v) is 3.50. The van der Waals surface area contributed by atoms with E-state index in [0.717, 1.165) is 26.2 Å². The zero-order valence-electron chi connectivity index (χ0n) is 9.90. The Balaban J connectivity index is 0.00000162. The molecule has 0 aromatic heterocycles. The molecule has 0 aliphatic carbocycles. The van der Waals surface area contributed by atoms with Gasteiger partial charge in [-0.25, -0.2) is 4.39 Å². The van der Waals surface area contributed by atoms with E-state index in [2.05, 4.69) is 10.2 Å². The van der Waals surface area contributed by atoms with Gasteiger partial charge < -0.3 is 10.4 Å². The number of benzene rings is 1. The van der Waals surface area contributed by atoms with Crippen LogP contribution >= 0.6 is 24.0 Å². The fraction of sp³-hybridized carbons (Fsp3) is 0.500. The van der Waals surface area contributed by atoms with Gasteiger partial charge >= 0.3 is 0 Å². The number of halogens is 3. The molecule has 2 N–H and O–H groups in total. The van der Waals surface area contributed by atoms with Crippen molar-refractivity contribution in [3.05, 3.63) is 34.6 Å². The highest BCUT2D eigenvalue weighted by Crippen LogP contribution is 2.29. The minimum atomic E-state index is -0.433. The molecule has 2 rings (SSSR count). The maximum atomic E-state index is 13.4. The average molecular weight is 295 g/mol. The molecular formula is C12H17Cl2FN2O. The monoisotopic (exact) mass is 294 g/mol. The standard InChI is InChI=1S/C12H16ClFN2O.ClH/c13-12-9(2-1-3-10(12)14)11(8-17)16-6-4-15-5-7-16;/h1-3,11,15,17H,4-8H2;1H/t11-;/m0./s1. The molecule has 1 aliphatic heterocycles. The number of aliphatic hydroxyl groups excluding tert-OH is 1. The van der Waals surface area contributed by atoms with Crippen LogP contribution in [0.4, 0.5) is 4.39 Å². The van der Waals surface area contributed by atoms with Crippen LogP contribution in [0.25, 0.3) is 0 Å². The molecule has 1 saturated heterocycles. The Hall–Kier alpha value is -0.390. The molecule has 0 amide bonds. The van der Waals surface area contributed by atoms with Gasteiger partial charge in [0.25, 0.3) is 0 Å². The Morgan fingerprint density at radius 3 is 2.67 bits per heavy atom. The van der Waals surface area contributed by atoms with E-state index in [1.165, 1.54) is 6.07 Å². The van der Waals surface area contributed by atoms with Crippen LogP contribution < -0.4 is 5.32 Å². The highest BCUT2D eigenvalue weighted by atomic mass is 35.5. The van der Waals surface area contributed by atoms with Gasteiger partial charge in [-0.1, -0.05) is 23.7 Å². The van der Waals surface area contributed by atoms with E-state index in [4.69, 9.17) is 11.6 Å². The summed E-state index contributed by atoms with van der Waals surface area (Å²) in [6.45, 7) is 3.37. The van der Waals surface area contributed by atoms with Gasteiger partial charge in [0.15, 0.2) is 0 Å². The number of rotatable bonds is 3. The summed E-state index contributed by atoms with van der Waals surface area (Å²) >= 11 is 5.96. The lowest BCUT2D eigenvalue weighted by molar-refractivity contribution is 0.110. The summed E-state index contributed by atoms with van der Waals surface area (Å²) in [4.78, 5) is 2.12. The Labute approximate surface area is 117 Å². The van der Waals surface area contributed by atoms with Crippen molar-refractivity contribution >= 4 is 24.0 Å². The van der Waals surface area contributed by atoms with E-state index in [-0.39, 0.29) is 30.1 Å². The molecule has 0 spiro atoms. The summed E-state index contributed by atoms with van der Waals surface area (Å²) in [5.41, 5.74) is 0.663. The smallest absolute Gasteiger partial charge is 0.142 e. The molecule has 18 heavy (non-hydrogen) atoms. The summed E-state index contributed by atoms with van der Waals surface area (Å²) in [5, 5.41) is 12.9. The van der Waals surface area contributed by atoms with Gasteiger partial charge in [-0.2, -0.15) is 0 Å². The molecule has 3 nitrogen and oxygen atoms in total. The second-order valence-corrected chi connectivity index (χ2v) is 4.51. The van der Waals surface area contributed by atoms with Crippen molar-refractivity contribution in [1.29, 1.82) is 0 Å². The highest BCUT2D eigenvalue weighted by molar-refractivity contribution is 6.31. The minimum Gasteiger partial charge on any atom is -0.394 e. The third kappa shape index (κ3) is 3.33. The topological polar surface area (TPSA) is 35.5 Å². The molecular weight excluding hydrogens is 278 g/mol. The second kappa shape index (κ2) is 7.26. The first kappa shape index (κ1) is 15.7. The molecule has 1 heterocycles. The number of nitrogens with one attached hydrogen (secondary N) is 1. The largest absolute Gasteiger partial charge is 0.394 e. The van der Waals surface area contributed by atoms with Gasteiger partial charge in [0.05, 0.1) is 17.7 Å². The van der Waals surface area contributed by atoms with Crippen molar-refractivity contribution in [2.45, 2.75) is 6.04 Å². The van der Waals surface area contributed by atoms with Gasteiger partial charge in [0.1, 0.15) is 5.82 Å².